The molecular formula is C22H27ClN2O4S. The van der Waals surface area contributed by atoms with Crippen LogP contribution >= 0.6 is 11.6 Å². The molecule has 1 fully saturated rings. The molecule has 1 aliphatic rings. The van der Waals surface area contributed by atoms with Gasteiger partial charge in [-0.3, -0.25) is 9.10 Å². The predicted molar refractivity (Wildman–Crippen MR) is 119 cm³/mol. The molecule has 162 valence electrons. The largest absolute Gasteiger partial charge is 0.495 e. The summed E-state index contributed by atoms with van der Waals surface area (Å²) < 4.78 is 30.7. The number of amides is 1. The highest BCUT2D eigenvalue weighted by Gasteiger charge is 2.21. The second kappa shape index (κ2) is 10.7. The number of carbonyl (C=O) groups is 1. The summed E-state index contributed by atoms with van der Waals surface area (Å²) in [4.78, 5) is 12.4. The van der Waals surface area contributed by atoms with E-state index in [0.717, 1.165) is 36.8 Å². The molecule has 0 aromatic heterocycles. The molecule has 30 heavy (non-hydrogen) atoms. The van der Waals surface area contributed by atoms with E-state index in [1.54, 1.807) is 36.4 Å². The normalized spacial score (nSPS) is 14.5. The number of carbonyl (C=O) groups excluding carboxylic acids is 1. The molecule has 0 spiro atoms. The van der Waals surface area contributed by atoms with Crippen molar-refractivity contribution >= 4 is 34.1 Å². The van der Waals surface area contributed by atoms with Crippen LogP contribution in [-0.4, -0.2) is 21.4 Å². The molecule has 3 rings (SSSR count). The summed E-state index contributed by atoms with van der Waals surface area (Å²) in [5.74, 6) is 0.597. The van der Waals surface area contributed by atoms with E-state index in [-0.39, 0.29) is 18.4 Å². The molecule has 1 amide bonds. The van der Waals surface area contributed by atoms with E-state index >= 15 is 0 Å². The van der Waals surface area contributed by atoms with Crippen molar-refractivity contribution in [1.29, 1.82) is 0 Å². The lowest BCUT2D eigenvalue weighted by atomic mass is 9.88. The van der Waals surface area contributed by atoms with Crippen LogP contribution in [0.3, 0.4) is 0 Å². The van der Waals surface area contributed by atoms with Gasteiger partial charge in [-0.2, -0.15) is 0 Å². The Balaban J connectivity index is 1.77. The van der Waals surface area contributed by atoms with Gasteiger partial charge in [0.25, 0.3) is 0 Å². The monoisotopic (exact) mass is 450 g/mol. The first-order valence-electron chi connectivity index (χ1n) is 10.1. The third-order valence-corrected chi connectivity index (χ3v) is 6.41. The quantitative estimate of drug-likeness (QED) is 0.594. The van der Waals surface area contributed by atoms with Gasteiger partial charge in [0, 0.05) is 17.5 Å². The number of rotatable bonds is 8. The Morgan fingerprint density at radius 1 is 1.10 bits per heavy atom. The standard InChI is InChI=1S/C22H27ClN2O4S/c1-29-21-12-9-17(14-24-22(26)18-5-3-2-4-6-18)13-20(21)25(30(27)28)15-16-7-10-19(23)11-8-16/h7-13,18,30H,2-6,14-15H2,1H3,(H,24,26). The summed E-state index contributed by atoms with van der Waals surface area (Å²) in [6.45, 7) is 0.501. The highest BCUT2D eigenvalue weighted by Crippen LogP contribution is 2.31. The molecule has 6 nitrogen and oxygen atoms in total. The molecule has 0 radical (unpaired) electrons. The number of hydrogen-bond donors (Lipinski definition) is 2. The Bertz CT molecular complexity index is 933. The molecule has 0 aliphatic heterocycles. The number of nitrogens with zero attached hydrogens (tertiary/aromatic N) is 1. The molecule has 0 atom stereocenters. The first-order valence-corrected chi connectivity index (χ1v) is 11.6. The van der Waals surface area contributed by atoms with Crippen molar-refractivity contribution in [2.45, 2.75) is 45.2 Å². The minimum atomic E-state index is -2.90. The lowest BCUT2D eigenvalue weighted by Gasteiger charge is -2.22. The summed E-state index contributed by atoms with van der Waals surface area (Å²) in [6, 6.07) is 12.3. The van der Waals surface area contributed by atoms with Crippen LogP contribution in [0.2, 0.25) is 5.02 Å². The topological polar surface area (TPSA) is 75.7 Å². The zero-order valence-electron chi connectivity index (χ0n) is 17.0. The highest BCUT2D eigenvalue weighted by atomic mass is 35.5. The average Bonchev–Trinajstić information content (AvgIpc) is 2.77. The molecule has 0 unspecified atom stereocenters. The van der Waals surface area contributed by atoms with Crippen molar-refractivity contribution in [1.82, 2.24) is 5.32 Å². The minimum absolute atomic E-state index is 0.0694. The molecule has 1 N–H and O–H groups in total. The minimum Gasteiger partial charge on any atom is -0.495 e. The fourth-order valence-electron chi connectivity index (χ4n) is 3.74. The number of hydrogen-bond acceptors (Lipinski definition) is 4. The molecule has 8 heteroatoms. The van der Waals surface area contributed by atoms with Gasteiger partial charge >= 0.3 is 0 Å². The molecule has 1 saturated carbocycles. The van der Waals surface area contributed by atoms with Crippen molar-refractivity contribution in [3.8, 4) is 5.75 Å². The SMILES string of the molecule is COc1ccc(CNC(=O)C2CCCCC2)cc1N(Cc1ccc(Cl)cc1)[SH](=O)=O. The van der Waals surface area contributed by atoms with E-state index < -0.39 is 10.9 Å². The van der Waals surface area contributed by atoms with Gasteiger partial charge in [0.15, 0.2) is 0 Å². The van der Waals surface area contributed by atoms with Gasteiger partial charge in [-0.1, -0.05) is 49.1 Å². The van der Waals surface area contributed by atoms with E-state index in [1.165, 1.54) is 17.8 Å². The predicted octanol–water partition coefficient (Wildman–Crippen LogP) is 4.08. The Morgan fingerprint density at radius 3 is 2.40 bits per heavy atom. The van der Waals surface area contributed by atoms with Crippen LogP contribution < -0.4 is 14.4 Å². The van der Waals surface area contributed by atoms with Gasteiger partial charge in [-0.15, -0.1) is 0 Å². The lowest BCUT2D eigenvalue weighted by Crippen LogP contribution is -2.31. The van der Waals surface area contributed by atoms with Crippen molar-refractivity contribution in [3.63, 3.8) is 0 Å². The number of anilines is 1. The Kier molecular flexibility index (Phi) is 7.99. The fraction of sp³-hybridized carbons (Fsp3) is 0.409. The first kappa shape index (κ1) is 22.4. The smallest absolute Gasteiger partial charge is 0.225 e. The summed E-state index contributed by atoms with van der Waals surface area (Å²) in [5.41, 5.74) is 2.05. The van der Waals surface area contributed by atoms with Crippen LogP contribution in [0.5, 0.6) is 5.75 Å². The van der Waals surface area contributed by atoms with E-state index in [9.17, 15) is 13.2 Å². The first-order chi connectivity index (χ1) is 14.5. The zero-order valence-corrected chi connectivity index (χ0v) is 18.6. The lowest BCUT2D eigenvalue weighted by molar-refractivity contribution is -0.126. The van der Waals surface area contributed by atoms with Crippen LogP contribution in [-0.2, 0) is 28.8 Å². The molecule has 0 saturated heterocycles. The summed E-state index contributed by atoms with van der Waals surface area (Å²) in [5, 5.41) is 3.58. The number of nitrogens with one attached hydrogen (secondary N) is 1. The third kappa shape index (κ3) is 5.89. The second-order valence-corrected chi connectivity index (χ2v) is 8.88. The van der Waals surface area contributed by atoms with Crippen LogP contribution in [0.25, 0.3) is 0 Å². The van der Waals surface area contributed by atoms with Crippen molar-refractivity contribution in [2.75, 3.05) is 11.4 Å². The Morgan fingerprint density at radius 2 is 1.77 bits per heavy atom. The third-order valence-electron chi connectivity index (χ3n) is 5.41. The van der Waals surface area contributed by atoms with E-state index in [1.807, 2.05) is 6.07 Å². The van der Waals surface area contributed by atoms with E-state index in [4.69, 9.17) is 16.3 Å². The second-order valence-electron chi connectivity index (χ2n) is 7.48. The molecule has 0 bridgehead atoms. The number of thiol groups is 1. The fourth-order valence-corrected chi connectivity index (χ4v) is 4.48. The van der Waals surface area contributed by atoms with E-state index in [2.05, 4.69) is 5.32 Å². The van der Waals surface area contributed by atoms with E-state index in [0.29, 0.717) is 23.0 Å². The van der Waals surface area contributed by atoms with Crippen molar-refractivity contribution in [2.24, 2.45) is 5.92 Å². The van der Waals surface area contributed by atoms with Gasteiger partial charge in [-0.05, 0) is 48.2 Å². The van der Waals surface area contributed by atoms with Crippen LogP contribution in [0.15, 0.2) is 42.5 Å². The summed E-state index contributed by atoms with van der Waals surface area (Å²) in [7, 11) is -1.40. The van der Waals surface area contributed by atoms with Crippen molar-refractivity contribution < 1.29 is 17.9 Å². The Hall–Kier alpha value is -2.25. The van der Waals surface area contributed by atoms with Gasteiger partial charge in [0.05, 0.1) is 19.3 Å². The molecule has 2 aromatic carbocycles. The number of benzene rings is 2. The molecule has 1 aliphatic carbocycles. The number of ether oxygens (including phenoxy) is 1. The summed E-state index contributed by atoms with van der Waals surface area (Å²) >= 11 is 5.93. The zero-order chi connectivity index (χ0) is 21.5. The van der Waals surface area contributed by atoms with Crippen LogP contribution in [0.1, 0.15) is 43.2 Å². The molecular weight excluding hydrogens is 424 g/mol. The van der Waals surface area contributed by atoms with Crippen molar-refractivity contribution in [3.05, 3.63) is 58.6 Å². The maximum absolute atomic E-state index is 12.4. The summed E-state index contributed by atoms with van der Waals surface area (Å²) in [6.07, 6.45) is 5.26. The Labute approximate surface area is 184 Å². The number of methoxy groups -OCH3 is 1. The average molecular weight is 451 g/mol. The van der Waals surface area contributed by atoms with Gasteiger partial charge < -0.3 is 10.1 Å². The van der Waals surface area contributed by atoms with Gasteiger partial charge in [0.1, 0.15) is 5.75 Å². The molecule has 0 heterocycles. The maximum atomic E-state index is 12.4. The van der Waals surface area contributed by atoms with Gasteiger partial charge in [-0.25, -0.2) is 8.42 Å². The number of halogens is 1. The maximum Gasteiger partial charge on any atom is 0.225 e. The molecule has 2 aromatic rings. The van der Waals surface area contributed by atoms with Gasteiger partial charge in [0.2, 0.25) is 16.8 Å². The highest BCUT2D eigenvalue weighted by molar-refractivity contribution is 7.74. The van der Waals surface area contributed by atoms with Crippen LogP contribution in [0.4, 0.5) is 5.69 Å². The van der Waals surface area contributed by atoms with Crippen LogP contribution in [0, 0.1) is 5.92 Å².